The monoisotopic (exact) mass is 435 g/mol. The van der Waals surface area contributed by atoms with Crippen LogP contribution in [0.25, 0.3) is 0 Å². The largest absolute Gasteiger partial charge is 0.357 e. The molecule has 3 N–H and O–H groups in total. The van der Waals surface area contributed by atoms with Gasteiger partial charge in [0.1, 0.15) is 5.15 Å². The van der Waals surface area contributed by atoms with Crippen LogP contribution >= 0.6 is 23.2 Å². The van der Waals surface area contributed by atoms with Gasteiger partial charge in [0, 0.05) is 30.9 Å². The Kier molecular flexibility index (Phi) is 7.45. The van der Waals surface area contributed by atoms with Gasteiger partial charge in [-0.2, -0.15) is 0 Å². The number of amides is 1. The number of nitrogens with one attached hydrogen (secondary N) is 3. The quantitative estimate of drug-likeness (QED) is 0.447. The number of halogens is 2. The topological polar surface area (TPSA) is 70.4 Å². The maximum atomic E-state index is 12.2. The van der Waals surface area contributed by atoms with Crippen LogP contribution in [0.15, 0.2) is 35.3 Å². The molecule has 156 valence electrons. The summed E-state index contributed by atoms with van der Waals surface area (Å²) in [6.07, 6.45) is 3.13. The maximum Gasteiger partial charge on any atom is 0.227 e. The van der Waals surface area contributed by atoms with Gasteiger partial charge in [0.2, 0.25) is 5.91 Å². The molecule has 0 bridgehead atoms. The molecule has 1 fully saturated rings. The van der Waals surface area contributed by atoms with E-state index in [0.29, 0.717) is 29.2 Å². The van der Waals surface area contributed by atoms with Crippen molar-refractivity contribution in [2.24, 2.45) is 18.0 Å². The van der Waals surface area contributed by atoms with Crippen LogP contribution < -0.4 is 16.0 Å². The van der Waals surface area contributed by atoms with Crippen LogP contribution in [0.2, 0.25) is 10.2 Å². The van der Waals surface area contributed by atoms with Crippen LogP contribution in [0, 0.1) is 5.92 Å². The first-order valence-corrected chi connectivity index (χ1v) is 10.6. The third-order valence-electron chi connectivity index (χ3n) is 5.09. The van der Waals surface area contributed by atoms with E-state index in [2.05, 4.69) is 20.9 Å². The van der Waals surface area contributed by atoms with E-state index in [1.165, 1.54) is 0 Å². The summed E-state index contributed by atoms with van der Waals surface area (Å²) in [7, 11) is 1.87. The summed E-state index contributed by atoms with van der Waals surface area (Å²) >= 11 is 12.2. The molecule has 0 unspecified atom stereocenters. The van der Waals surface area contributed by atoms with Crippen molar-refractivity contribution in [1.82, 2.24) is 15.2 Å². The molecule has 8 heteroatoms. The summed E-state index contributed by atoms with van der Waals surface area (Å²) in [6, 6.07) is 9.67. The van der Waals surface area contributed by atoms with Gasteiger partial charge < -0.3 is 20.5 Å². The second kappa shape index (κ2) is 10.0. The lowest BCUT2D eigenvalue weighted by atomic mass is 9.85. The zero-order chi connectivity index (χ0) is 20.8. The van der Waals surface area contributed by atoms with Gasteiger partial charge in [-0.15, -0.1) is 0 Å². The minimum atomic E-state index is 0.117. The Bertz CT molecular complexity index is 889. The highest BCUT2D eigenvalue weighted by Gasteiger charge is 2.25. The Labute approximate surface area is 181 Å². The van der Waals surface area contributed by atoms with E-state index in [4.69, 9.17) is 23.2 Å². The lowest BCUT2D eigenvalue weighted by Crippen LogP contribution is -2.37. The van der Waals surface area contributed by atoms with Crippen molar-refractivity contribution >= 4 is 40.8 Å². The molecule has 0 atom stereocenters. The van der Waals surface area contributed by atoms with Gasteiger partial charge in [0.15, 0.2) is 5.96 Å². The summed E-state index contributed by atoms with van der Waals surface area (Å²) in [5.41, 5.74) is 2.81. The molecule has 1 aromatic heterocycles. The molecule has 0 saturated heterocycles. The van der Waals surface area contributed by atoms with E-state index in [9.17, 15) is 4.79 Å². The van der Waals surface area contributed by atoms with Gasteiger partial charge in [-0.25, -0.2) is 4.99 Å². The smallest absolute Gasteiger partial charge is 0.227 e. The van der Waals surface area contributed by atoms with Gasteiger partial charge in [-0.3, -0.25) is 4.79 Å². The van der Waals surface area contributed by atoms with Crippen LogP contribution in [0.5, 0.6) is 0 Å². The maximum absolute atomic E-state index is 12.2. The zero-order valence-electron chi connectivity index (χ0n) is 16.8. The first kappa shape index (κ1) is 21.5. The van der Waals surface area contributed by atoms with Crippen LogP contribution in [0.4, 0.5) is 5.69 Å². The standard InChI is InChI=1S/C21H27Cl2N5O/c1-3-24-21(26-13-17-11-18(22)19(23)28(17)2)25-12-14-6-4-9-16(10-14)27-20(29)15-7-5-8-15/h4,6,9-11,15H,3,5,7-8,12-13H2,1-2H3,(H,27,29)(H2,24,25,26). The summed E-state index contributed by atoms with van der Waals surface area (Å²) in [4.78, 5) is 16.8. The number of benzene rings is 1. The number of carbonyl (C=O) groups is 1. The number of guanidine groups is 1. The average molecular weight is 436 g/mol. The van der Waals surface area contributed by atoms with Gasteiger partial charge in [0.05, 0.1) is 18.1 Å². The van der Waals surface area contributed by atoms with Crippen LogP contribution in [-0.4, -0.2) is 23.0 Å². The predicted molar refractivity (Wildman–Crippen MR) is 120 cm³/mol. The normalized spacial score (nSPS) is 14.4. The minimum Gasteiger partial charge on any atom is -0.357 e. The fourth-order valence-corrected chi connectivity index (χ4v) is 3.52. The zero-order valence-corrected chi connectivity index (χ0v) is 18.3. The predicted octanol–water partition coefficient (Wildman–Crippen LogP) is 4.33. The van der Waals surface area contributed by atoms with E-state index in [1.807, 2.05) is 48.9 Å². The van der Waals surface area contributed by atoms with Gasteiger partial charge in [-0.1, -0.05) is 41.8 Å². The molecule has 1 heterocycles. The molecule has 6 nitrogen and oxygen atoms in total. The number of anilines is 1. The first-order chi connectivity index (χ1) is 14.0. The van der Waals surface area contributed by atoms with Crippen molar-refractivity contribution in [3.8, 4) is 0 Å². The SMILES string of the molecule is CCNC(=NCc1cccc(NC(=O)C2CCC2)c1)NCc1cc(Cl)c(Cl)n1C. The molecule has 1 saturated carbocycles. The van der Waals surface area contributed by atoms with E-state index in [-0.39, 0.29) is 11.8 Å². The van der Waals surface area contributed by atoms with Crippen molar-refractivity contribution in [1.29, 1.82) is 0 Å². The highest BCUT2D eigenvalue weighted by Crippen LogP contribution is 2.28. The van der Waals surface area contributed by atoms with Crippen LogP contribution in [-0.2, 0) is 24.9 Å². The summed E-state index contributed by atoms with van der Waals surface area (Å²) in [6.45, 7) is 3.81. The molecule has 3 rings (SSSR count). The summed E-state index contributed by atoms with van der Waals surface area (Å²) in [5, 5.41) is 10.6. The Morgan fingerprint density at radius 1 is 1.24 bits per heavy atom. The number of aromatic nitrogens is 1. The van der Waals surface area contributed by atoms with Crippen LogP contribution in [0.3, 0.4) is 0 Å². The number of nitrogens with zero attached hydrogens (tertiary/aromatic N) is 2. The number of rotatable bonds is 7. The average Bonchev–Trinajstić information content (AvgIpc) is 2.89. The Morgan fingerprint density at radius 3 is 2.66 bits per heavy atom. The van der Waals surface area contributed by atoms with E-state index in [0.717, 1.165) is 42.8 Å². The Morgan fingerprint density at radius 2 is 2.03 bits per heavy atom. The highest BCUT2D eigenvalue weighted by atomic mass is 35.5. The molecule has 0 aliphatic heterocycles. The van der Waals surface area contributed by atoms with Crippen molar-refractivity contribution in [3.05, 3.63) is 51.8 Å². The minimum absolute atomic E-state index is 0.117. The van der Waals surface area contributed by atoms with Crippen molar-refractivity contribution in [2.75, 3.05) is 11.9 Å². The second-order valence-electron chi connectivity index (χ2n) is 7.20. The van der Waals surface area contributed by atoms with Crippen molar-refractivity contribution in [2.45, 2.75) is 39.3 Å². The van der Waals surface area contributed by atoms with Gasteiger partial charge >= 0.3 is 0 Å². The first-order valence-electron chi connectivity index (χ1n) is 9.89. The number of aliphatic imine (C=N–C) groups is 1. The molecule has 1 aromatic carbocycles. The molecular weight excluding hydrogens is 409 g/mol. The van der Waals surface area contributed by atoms with E-state index < -0.39 is 0 Å². The molecule has 2 aromatic rings. The lowest BCUT2D eigenvalue weighted by molar-refractivity contribution is -0.122. The van der Waals surface area contributed by atoms with Crippen molar-refractivity contribution < 1.29 is 4.79 Å². The van der Waals surface area contributed by atoms with Crippen LogP contribution in [0.1, 0.15) is 37.4 Å². The Hall–Kier alpha value is -2.18. The lowest BCUT2D eigenvalue weighted by Gasteiger charge is -2.24. The fourth-order valence-electron chi connectivity index (χ4n) is 3.11. The fraction of sp³-hybridized carbons (Fsp3) is 0.429. The number of hydrogen-bond donors (Lipinski definition) is 3. The number of carbonyl (C=O) groups excluding carboxylic acids is 1. The van der Waals surface area contributed by atoms with E-state index >= 15 is 0 Å². The third kappa shape index (κ3) is 5.67. The van der Waals surface area contributed by atoms with E-state index in [1.54, 1.807) is 0 Å². The molecule has 29 heavy (non-hydrogen) atoms. The third-order valence-corrected chi connectivity index (χ3v) is 5.93. The molecule has 0 radical (unpaired) electrons. The van der Waals surface area contributed by atoms with Gasteiger partial charge in [-0.05, 0) is 43.5 Å². The molecular formula is C21H27Cl2N5O. The molecule has 0 spiro atoms. The summed E-state index contributed by atoms with van der Waals surface area (Å²) in [5.74, 6) is 0.984. The Balaban J connectivity index is 1.61. The van der Waals surface area contributed by atoms with Gasteiger partial charge in [0.25, 0.3) is 0 Å². The highest BCUT2D eigenvalue weighted by molar-refractivity contribution is 6.41. The molecule has 1 aliphatic carbocycles. The second-order valence-corrected chi connectivity index (χ2v) is 7.96. The molecule has 1 amide bonds. The molecule has 1 aliphatic rings. The number of hydrogen-bond acceptors (Lipinski definition) is 2. The van der Waals surface area contributed by atoms with Crippen molar-refractivity contribution in [3.63, 3.8) is 0 Å². The summed E-state index contributed by atoms with van der Waals surface area (Å²) < 4.78 is 1.84.